The Labute approximate surface area is 105 Å². The number of amides is 1. The van der Waals surface area contributed by atoms with E-state index in [4.69, 9.17) is 24.8 Å². The maximum atomic E-state index is 10.9. The lowest BCUT2D eigenvalue weighted by Gasteiger charge is -2.23. The third-order valence-electron chi connectivity index (χ3n) is 2.67. The summed E-state index contributed by atoms with van der Waals surface area (Å²) >= 11 is 0. The summed E-state index contributed by atoms with van der Waals surface area (Å²) in [6.07, 6.45) is 1.70. The van der Waals surface area contributed by atoms with Gasteiger partial charge in [0, 0.05) is 0 Å². The van der Waals surface area contributed by atoms with Crippen LogP contribution in [0.1, 0.15) is 12.8 Å². The SMILES string of the molecule is NC(=O)C1N=CN([C@H]2CC[C@@H](CO[PH+](O)O)O2)N1. The van der Waals surface area contributed by atoms with Crippen LogP contribution in [-0.4, -0.2) is 52.1 Å². The fraction of sp³-hybridized carbons (Fsp3) is 0.750. The molecule has 1 amide bonds. The number of hydrazine groups is 1. The minimum absolute atomic E-state index is 0.141. The Hall–Kier alpha value is -0.830. The Morgan fingerprint density at radius 3 is 3.06 bits per heavy atom. The molecule has 1 unspecified atom stereocenters. The van der Waals surface area contributed by atoms with Crippen LogP contribution < -0.4 is 11.2 Å². The first kappa shape index (κ1) is 13.6. The fourth-order valence-corrected chi connectivity index (χ4v) is 2.16. The molecule has 2 heterocycles. The number of hydrogen-bond donors (Lipinski definition) is 4. The van der Waals surface area contributed by atoms with Crippen molar-refractivity contribution in [3.63, 3.8) is 0 Å². The van der Waals surface area contributed by atoms with E-state index in [0.717, 1.165) is 12.8 Å². The zero-order valence-corrected chi connectivity index (χ0v) is 10.5. The zero-order chi connectivity index (χ0) is 13.1. The molecule has 0 radical (unpaired) electrons. The lowest BCUT2D eigenvalue weighted by Crippen LogP contribution is -2.48. The molecular weight excluding hydrogens is 263 g/mol. The third kappa shape index (κ3) is 3.35. The standard InChI is InChI=1S/C8H15N4O5P/c9-7(13)8-10-4-12(11-8)6-2-1-5(17-6)3-16-18(14)15/h4-6,8,11,14-15,18H,1-3H2,(H-,9,13)/p+1/t5-,6+,8?/m0/s1. The molecule has 0 aromatic carbocycles. The number of hydrogen-bond acceptors (Lipinski definition) is 8. The van der Waals surface area contributed by atoms with Crippen molar-refractivity contribution in [1.82, 2.24) is 10.4 Å². The van der Waals surface area contributed by atoms with Gasteiger partial charge >= 0.3 is 8.60 Å². The molecule has 9 nitrogen and oxygen atoms in total. The number of carbonyl (C=O) groups excluding carboxylic acids is 1. The van der Waals surface area contributed by atoms with E-state index in [1.54, 1.807) is 5.01 Å². The van der Waals surface area contributed by atoms with E-state index in [9.17, 15) is 4.79 Å². The Morgan fingerprint density at radius 2 is 2.44 bits per heavy atom. The second kappa shape index (κ2) is 5.87. The largest absolute Gasteiger partial charge is 0.392 e. The van der Waals surface area contributed by atoms with E-state index in [-0.39, 0.29) is 18.9 Å². The van der Waals surface area contributed by atoms with Crippen LogP contribution in [0.2, 0.25) is 0 Å². The van der Waals surface area contributed by atoms with Gasteiger partial charge in [-0.05, 0) is 12.8 Å². The summed E-state index contributed by atoms with van der Waals surface area (Å²) < 4.78 is 10.4. The quantitative estimate of drug-likeness (QED) is 0.433. The van der Waals surface area contributed by atoms with Gasteiger partial charge in [0.05, 0.1) is 6.10 Å². The number of nitrogens with zero attached hydrogens (tertiary/aromatic N) is 2. The molecule has 10 heteroatoms. The second-order valence-corrected chi connectivity index (χ2v) is 4.84. The van der Waals surface area contributed by atoms with Crippen molar-refractivity contribution in [3.05, 3.63) is 0 Å². The number of primary amides is 1. The molecule has 0 spiro atoms. The molecule has 1 saturated heterocycles. The van der Waals surface area contributed by atoms with E-state index in [1.807, 2.05) is 0 Å². The molecule has 0 aliphatic carbocycles. The lowest BCUT2D eigenvalue weighted by molar-refractivity contribution is -0.121. The number of aliphatic imine (C=N–C) groups is 1. The van der Waals surface area contributed by atoms with Crippen LogP contribution >= 0.6 is 8.60 Å². The van der Waals surface area contributed by atoms with E-state index >= 15 is 0 Å². The first-order chi connectivity index (χ1) is 8.56. The summed E-state index contributed by atoms with van der Waals surface area (Å²) in [5.41, 5.74) is 7.91. The van der Waals surface area contributed by atoms with Crippen molar-refractivity contribution in [1.29, 1.82) is 0 Å². The van der Waals surface area contributed by atoms with Gasteiger partial charge in [-0.15, -0.1) is 0 Å². The molecule has 0 aromatic heterocycles. The van der Waals surface area contributed by atoms with Crippen molar-refractivity contribution >= 4 is 20.8 Å². The highest BCUT2D eigenvalue weighted by atomic mass is 31.2. The summed E-state index contributed by atoms with van der Waals surface area (Å²) in [6.45, 7) is 0.141. The van der Waals surface area contributed by atoms with E-state index < -0.39 is 20.7 Å². The van der Waals surface area contributed by atoms with Crippen molar-refractivity contribution in [3.8, 4) is 0 Å². The van der Waals surface area contributed by atoms with Gasteiger partial charge in [-0.25, -0.2) is 4.99 Å². The van der Waals surface area contributed by atoms with Gasteiger partial charge in [-0.1, -0.05) is 0 Å². The van der Waals surface area contributed by atoms with E-state index in [0.29, 0.717) is 0 Å². The number of ether oxygens (including phenoxy) is 1. The zero-order valence-electron chi connectivity index (χ0n) is 9.52. The third-order valence-corrected chi connectivity index (χ3v) is 3.10. The van der Waals surface area contributed by atoms with Crippen molar-refractivity contribution < 1.29 is 23.8 Å². The molecule has 0 aromatic rings. The molecule has 102 valence electrons. The van der Waals surface area contributed by atoms with Crippen molar-refractivity contribution in [2.24, 2.45) is 10.7 Å². The summed E-state index contributed by atoms with van der Waals surface area (Å²) in [5.74, 6) is -0.556. The molecule has 1 fully saturated rings. The van der Waals surface area contributed by atoms with Gasteiger partial charge in [-0.3, -0.25) is 9.80 Å². The highest BCUT2D eigenvalue weighted by molar-refractivity contribution is 7.39. The summed E-state index contributed by atoms with van der Waals surface area (Å²) in [4.78, 5) is 32.1. The topological polar surface area (TPSA) is 130 Å². The Morgan fingerprint density at radius 1 is 1.67 bits per heavy atom. The Bertz CT molecular complexity index is 341. The van der Waals surface area contributed by atoms with Gasteiger partial charge in [0.2, 0.25) is 0 Å². The molecule has 0 saturated carbocycles. The predicted molar refractivity (Wildman–Crippen MR) is 63.0 cm³/mol. The highest BCUT2D eigenvalue weighted by Crippen LogP contribution is 2.28. The number of nitrogens with one attached hydrogen (secondary N) is 1. The monoisotopic (exact) mass is 279 g/mol. The van der Waals surface area contributed by atoms with E-state index in [1.165, 1.54) is 6.34 Å². The number of rotatable bonds is 5. The van der Waals surface area contributed by atoms with Crippen LogP contribution in [-0.2, 0) is 14.1 Å². The maximum Gasteiger partial charge on any atom is 0.392 e. The summed E-state index contributed by atoms with van der Waals surface area (Å²) in [7, 11) is -2.67. The molecular formula is C8H16N4O5P+. The first-order valence-electron chi connectivity index (χ1n) is 5.46. The van der Waals surface area contributed by atoms with Crippen molar-refractivity contribution in [2.45, 2.75) is 31.3 Å². The average Bonchev–Trinajstić information content (AvgIpc) is 2.95. The number of carbonyl (C=O) groups is 1. The van der Waals surface area contributed by atoms with Gasteiger partial charge in [0.25, 0.3) is 5.91 Å². The Kier molecular flexibility index (Phi) is 4.44. The summed E-state index contributed by atoms with van der Waals surface area (Å²) in [6, 6.07) is 0. The second-order valence-electron chi connectivity index (χ2n) is 3.99. The van der Waals surface area contributed by atoms with Crippen LogP contribution in [0.5, 0.6) is 0 Å². The molecule has 0 bridgehead atoms. The van der Waals surface area contributed by atoms with Gasteiger partial charge in [-0.2, -0.15) is 19.7 Å². The average molecular weight is 279 g/mol. The summed E-state index contributed by atoms with van der Waals surface area (Å²) in [5, 5.41) is 1.58. The highest BCUT2D eigenvalue weighted by Gasteiger charge is 2.34. The van der Waals surface area contributed by atoms with E-state index in [2.05, 4.69) is 10.4 Å². The normalized spacial score (nSPS) is 31.5. The molecule has 3 atom stereocenters. The fourth-order valence-electron chi connectivity index (χ4n) is 1.82. The van der Waals surface area contributed by atoms with Crippen LogP contribution in [0.3, 0.4) is 0 Å². The minimum Gasteiger partial charge on any atom is -0.367 e. The Balaban J connectivity index is 1.76. The molecule has 5 N–H and O–H groups in total. The smallest absolute Gasteiger partial charge is 0.367 e. The van der Waals surface area contributed by atoms with Crippen molar-refractivity contribution in [2.75, 3.05) is 6.61 Å². The van der Waals surface area contributed by atoms with Gasteiger partial charge < -0.3 is 10.5 Å². The molecule has 2 aliphatic heterocycles. The minimum atomic E-state index is -2.67. The predicted octanol–water partition coefficient (Wildman–Crippen LogP) is -1.89. The van der Waals surface area contributed by atoms with Gasteiger partial charge in [0.1, 0.15) is 19.2 Å². The maximum absolute atomic E-state index is 10.9. The van der Waals surface area contributed by atoms with Crippen LogP contribution in [0, 0.1) is 0 Å². The van der Waals surface area contributed by atoms with Crippen LogP contribution in [0.15, 0.2) is 4.99 Å². The van der Waals surface area contributed by atoms with Crippen LogP contribution in [0.25, 0.3) is 0 Å². The lowest BCUT2D eigenvalue weighted by atomic mass is 10.2. The number of nitrogens with two attached hydrogens (primary N) is 1. The molecule has 2 rings (SSSR count). The van der Waals surface area contributed by atoms with Crippen LogP contribution in [0.4, 0.5) is 0 Å². The molecule has 18 heavy (non-hydrogen) atoms. The van der Waals surface area contributed by atoms with Gasteiger partial charge in [0.15, 0.2) is 6.17 Å². The first-order valence-corrected chi connectivity index (χ1v) is 6.77. The molecule has 2 aliphatic rings.